The van der Waals surface area contributed by atoms with Crippen molar-refractivity contribution in [3.05, 3.63) is 171 Å². The summed E-state index contributed by atoms with van der Waals surface area (Å²) >= 11 is 12.5. The second-order valence-electron chi connectivity index (χ2n) is 12.4. The fraction of sp³-hybridized carbons (Fsp3) is 0.146. The normalized spacial score (nSPS) is 17.2. The number of benzene rings is 5. The lowest BCUT2D eigenvalue weighted by molar-refractivity contribution is -0.133. The largest absolute Gasteiger partial charge is 0.351 e. The summed E-state index contributed by atoms with van der Waals surface area (Å²) in [6.07, 6.45) is 0. The van der Waals surface area contributed by atoms with Gasteiger partial charge in [0.15, 0.2) is 0 Å². The Balaban J connectivity index is 1.60. The Bertz CT molecular complexity index is 2060. The molecule has 0 fully saturated rings. The molecule has 1 aliphatic heterocycles. The Hall–Kier alpha value is -5.17. The van der Waals surface area contributed by atoms with Crippen molar-refractivity contribution in [1.82, 2.24) is 4.90 Å². The summed E-state index contributed by atoms with van der Waals surface area (Å²) in [5, 5.41) is 6.73. The quantitative estimate of drug-likeness (QED) is 0.151. The van der Waals surface area contributed by atoms with Gasteiger partial charge in [0, 0.05) is 39.5 Å². The van der Waals surface area contributed by atoms with Crippen molar-refractivity contribution in [1.29, 1.82) is 0 Å². The molecule has 2 N–H and O–H groups in total. The first-order chi connectivity index (χ1) is 23.5. The van der Waals surface area contributed by atoms with Gasteiger partial charge >= 0.3 is 0 Å². The van der Waals surface area contributed by atoms with Crippen LogP contribution in [0.2, 0.25) is 10.0 Å². The molecule has 2 amide bonds. The zero-order valence-electron chi connectivity index (χ0n) is 27.3. The van der Waals surface area contributed by atoms with Gasteiger partial charge in [-0.3, -0.25) is 14.4 Å². The van der Waals surface area contributed by atoms with Crippen molar-refractivity contribution in [2.45, 2.75) is 38.8 Å². The van der Waals surface area contributed by atoms with Gasteiger partial charge in [0.25, 0.3) is 11.8 Å². The Morgan fingerprint density at radius 1 is 0.694 bits per heavy atom. The summed E-state index contributed by atoms with van der Waals surface area (Å²) in [4.78, 5) is 45.7. The van der Waals surface area contributed by atoms with Gasteiger partial charge in [-0.2, -0.15) is 0 Å². The van der Waals surface area contributed by atoms with Gasteiger partial charge in [0.2, 0.25) is 5.78 Å². The number of nitrogens with one attached hydrogen (secondary N) is 2. The number of carbonyl (C=O) groups is 3. The average molecular weight is 689 g/mol. The minimum absolute atomic E-state index is 0.215. The summed E-state index contributed by atoms with van der Waals surface area (Å²) in [6, 6.07) is 38.9. The van der Waals surface area contributed by atoms with E-state index in [2.05, 4.69) is 10.6 Å². The molecule has 2 atom stereocenters. The molecule has 8 heteroatoms. The van der Waals surface area contributed by atoms with Gasteiger partial charge in [0.05, 0.1) is 5.70 Å². The Labute approximate surface area is 296 Å². The van der Waals surface area contributed by atoms with Crippen LogP contribution in [0.25, 0.3) is 5.70 Å². The molecular formula is C41H35Cl2N3O3. The van der Waals surface area contributed by atoms with E-state index in [1.807, 2.05) is 105 Å². The Morgan fingerprint density at radius 2 is 1.24 bits per heavy atom. The molecule has 5 aromatic carbocycles. The number of carbonyl (C=O) groups excluding carboxylic acids is 3. The third-order valence-electron chi connectivity index (χ3n) is 8.93. The Morgan fingerprint density at radius 3 is 1.82 bits per heavy atom. The average Bonchev–Trinajstić information content (AvgIpc) is 3.34. The van der Waals surface area contributed by atoms with Crippen LogP contribution in [0.15, 0.2) is 133 Å². The first-order valence-corrected chi connectivity index (χ1v) is 16.7. The van der Waals surface area contributed by atoms with Crippen molar-refractivity contribution in [2.24, 2.45) is 0 Å². The lowest BCUT2D eigenvalue weighted by Crippen LogP contribution is -2.54. The summed E-state index contributed by atoms with van der Waals surface area (Å²) in [5.41, 5.74) is 4.60. The lowest BCUT2D eigenvalue weighted by atomic mass is 9.75. The maximum Gasteiger partial charge on any atom is 0.296 e. The highest BCUT2D eigenvalue weighted by molar-refractivity contribution is 6.48. The van der Waals surface area contributed by atoms with Gasteiger partial charge in [-0.25, -0.2) is 0 Å². The Kier molecular flexibility index (Phi) is 9.72. The fourth-order valence-corrected chi connectivity index (χ4v) is 6.81. The van der Waals surface area contributed by atoms with Crippen LogP contribution in [0.3, 0.4) is 0 Å². The molecular weight excluding hydrogens is 653 g/mol. The molecule has 6 rings (SSSR count). The van der Waals surface area contributed by atoms with Crippen molar-refractivity contribution < 1.29 is 14.4 Å². The van der Waals surface area contributed by atoms with Crippen LogP contribution in [0.5, 0.6) is 0 Å². The van der Waals surface area contributed by atoms with Gasteiger partial charge in [0.1, 0.15) is 5.54 Å². The third-order valence-corrected chi connectivity index (χ3v) is 9.40. The van der Waals surface area contributed by atoms with Crippen molar-refractivity contribution in [3.8, 4) is 0 Å². The van der Waals surface area contributed by atoms with Crippen LogP contribution >= 0.6 is 23.2 Å². The number of rotatable bonds is 9. The zero-order chi connectivity index (χ0) is 34.7. The maximum atomic E-state index is 14.9. The van der Waals surface area contributed by atoms with Gasteiger partial charge in [-0.1, -0.05) is 125 Å². The lowest BCUT2D eigenvalue weighted by Gasteiger charge is -2.41. The van der Waals surface area contributed by atoms with E-state index in [9.17, 15) is 14.4 Å². The summed E-state index contributed by atoms with van der Waals surface area (Å²) in [6.45, 7) is 6.07. The summed E-state index contributed by atoms with van der Waals surface area (Å²) in [7, 11) is 0. The third kappa shape index (κ3) is 7.02. The summed E-state index contributed by atoms with van der Waals surface area (Å²) in [5.74, 6) is -2.81. The van der Waals surface area contributed by atoms with E-state index in [1.165, 1.54) is 0 Å². The van der Waals surface area contributed by atoms with E-state index in [-0.39, 0.29) is 18.0 Å². The van der Waals surface area contributed by atoms with E-state index in [0.29, 0.717) is 38.2 Å². The highest BCUT2D eigenvalue weighted by Gasteiger charge is 2.57. The number of Topliss-reactive ketones (excluding diaryl/α,β-unsaturated/α-hetero) is 1. The molecule has 0 aliphatic carbocycles. The molecule has 246 valence electrons. The van der Waals surface area contributed by atoms with Gasteiger partial charge in [-0.15, -0.1) is 0 Å². The minimum Gasteiger partial charge on any atom is -0.351 e. The maximum absolute atomic E-state index is 14.9. The van der Waals surface area contributed by atoms with Crippen molar-refractivity contribution in [3.63, 3.8) is 0 Å². The van der Waals surface area contributed by atoms with Crippen LogP contribution < -0.4 is 10.6 Å². The molecule has 0 radical (unpaired) electrons. The smallest absolute Gasteiger partial charge is 0.296 e. The number of halogens is 2. The molecule has 0 aromatic heterocycles. The predicted molar refractivity (Wildman–Crippen MR) is 198 cm³/mol. The van der Waals surface area contributed by atoms with Crippen molar-refractivity contribution in [2.75, 3.05) is 10.6 Å². The van der Waals surface area contributed by atoms with Gasteiger partial charge in [-0.05, 0) is 73.9 Å². The highest BCUT2D eigenvalue weighted by atomic mass is 35.5. The monoisotopic (exact) mass is 687 g/mol. The zero-order valence-corrected chi connectivity index (χ0v) is 28.8. The SMILES string of the molecule is Cc1ccc(C2=C(C(=O)C(=O)Nc3cccc(Cl)c3)[C@H](c3ccc(C)cc3)[C@](C)(C(=O)Nc3cccc(Cl)c3)N2Cc2ccccc2)cc1. The molecule has 49 heavy (non-hydrogen) atoms. The number of aryl methyl sites for hydroxylation is 2. The van der Waals surface area contributed by atoms with E-state index >= 15 is 0 Å². The van der Waals surface area contributed by atoms with E-state index in [4.69, 9.17) is 23.2 Å². The second-order valence-corrected chi connectivity index (χ2v) is 13.3. The van der Waals surface area contributed by atoms with Gasteiger partial charge < -0.3 is 15.5 Å². The predicted octanol–water partition coefficient (Wildman–Crippen LogP) is 9.23. The van der Waals surface area contributed by atoms with Crippen molar-refractivity contribution >= 4 is 57.9 Å². The molecule has 6 nitrogen and oxygen atoms in total. The van der Waals surface area contributed by atoms with E-state index < -0.39 is 23.1 Å². The molecule has 0 bridgehead atoms. The van der Waals surface area contributed by atoms with Crippen LogP contribution in [0.1, 0.15) is 40.7 Å². The molecule has 0 saturated carbocycles. The number of hydrogen-bond donors (Lipinski definition) is 2. The van der Waals surface area contributed by atoms with Crippen LogP contribution in [-0.2, 0) is 20.9 Å². The van der Waals surface area contributed by atoms with E-state index in [1.54, 1.807) is 48.5 Å². The van der Waals surface area contributed by atoms with Crippen LogP contribution in [0.4, 0.5) is 11.4 Å². The molecule has 0 unspecified atom stereocenters. The number of nitrogens with zero attached hydrogens (tertiary/aromatic N) is 1. The first-order valence-electron chi connectivity index (χ1n) is 15.9. The molecule has 0 saturated heterocycles. The minimum atomic E-state index is -1.41. The number of ketones is 1. The van der Waals surface area contributed by atoms with Crippen LogP contribution in [0, 0.1) is 13.8 Å². The topological polar surface area (TPSA) is 78.5 Å². The number of hydrogen-bond acceptors (Lipinski definition) is 4. The highest BCUT2D eigenvalue weighted by Crippen LogP contribution is 2.53. The first kappa shape index (κ1) is 33.7. The number of amides is 2. The number of anilines is 2. The molecule has 5 aromatic rings. The molecule has 1 aliphatic rings. The van der Waals surface area contributed by atoms with Crippen LogP contribution in [-0.4, -0.2) is 28.0 Å². The molecule has 0 spiro atoms. The standard InChI is InChI=1S/C41H35Cl2N3O3/c1-26-15-19-29(20-16-26)36-35(38(47)39(48)44-33-13-7-11-31(42)23-33)37(30-21-17-27(2)18-22-30)46(25-28-9-5-4-6-10-28)41(36,3)40(49)45-34-14-8-12-32(43)24-34/h4-24,36H,25H2,1-3H3,(H,44,48)(H,45,49)/t36-,41+/m0/s1. The summed E-state index contributed by atoms with van der Waals surface area (Å²) < 4.78 is 0. The van der Waals surface area contributed by atoms with E-state index in [0.717, 1.165) is 16.7 Å². The second kappa shape index (κ2) is 14.1. The fourth-order valence-electron chi connectivity index (χ4n) is 6.43. The molecule has 1 heterocycles.